The van der Waals surface area contributed by atoms with Crippen LogP contribution in [0, 0.1) is 0 Å². The third-order valence-corrected chi connectivity index (χ3v) is 2.41. The molecule has 1 aliphatic heterocycles. The van der Waals surface area contributed by atoms with E-state index in [1.54, 1.807) is 12.1 Å². The second-order valence-electron chi connectivity index (χ2n) is 3.47. The third-order valence-electron chi connectivity index (χ3n) is 2.41. The van der Waals surface area contributed by atoms with E-state index in [2.05, 4.69) is 10.6 Å². The number of hydrogen-bond donors (Lipinski definition) is 2. The van der Waals surface area contributed by atoms with Crippen LogP contribution in [-0.2, 0) is 0 Å². The van der Waals surface area contributed by atoms with E-state index in [0.29, 0.717) is 18.3 Å². The van der Waals surface area contributed by atoms with Gasteiger partial charge in [-0.1, -0.05) is 0 Å². The Kier molecular flexibility index (Phi) is 2.96. The lowest BCUT2D eigenvalue weighted by Crippen LogP contribution is -2.35. The first-order valence-electron chi connectivity index (χ1n) is 4.87. The van der Waals surface area contributed by atoms with E-state index in [1.807, 2.05) is 0 Å². The molecule has 2 rings (SSSR count). The molecule has 0 saturated carbocycles. The van der Waals surface area contributed by atoms with E-state index in [0.717, 1.165) is 19.5 Å². The highest BCUT2D eigenvalue weighted by Gasteiger charge is 2.16. The Bertz CT molecular complexity index is 289. The van der Waals surface area contributed by atoms with Crippen LogP contribution in [0.1, 0.15) is 17.0 Å². The minimum Gasteiger partial charge on any atom is -0.461 e. The van der Waals surface area contributed by atoms with Gasteiger partial charge in [0.2, 0.25) is 5.78 Å². The molecule has 1 aromatic heterocycles. The minimum atomic E-state index is 0.0156. The maximum Gasteiger partial charge on any atom is 0.211 e. The lowest BCUT2D eigenvalue weighted by atomic mass is 10.2. The summed E-state index contributed by atoms with van der Waals surface area (Å²) >= 11 is 0. The van der Waals surface area contributed by atoms with Crippen LogP contribution in [0.2, 0.25) is 0 Å². The maximum absolute atomic E-state index is 11.5. The standard InChI is InChI=1S/C10H14N2O2/c13-9(10-2-1-5-14-10)7-12-8-3-4-11-6-8/h1-2,5,8,11-12H,3-4,6-7H2. The molecule has 0 amide bonds. The molecular formula is C10H14N2O2. The fourth-order valence-electron chi connectivity index (χ4n) is 1.59. The molecule has 76 valence electrons. The number of furan rings is 1. The third kappa shape index (κ3) is 2.21. The quantitative estimate of drug-likeness (QED) is 0.682. The van der Waals surface area contributed by atoms with Crippen molar-refractivity contribution in [2.75, 3.05) is 19.6 Å². The topological polar surface area (TPSA) is 54.3 Å². The van der Waals surface area contributed by atoms with Crippen molar-refractivity contribution in [3.63, 3.8) is 0 Å². The first kappa shape index (κ1) is 9.43. The van der Waals surface area contributed by atoms with Crippen molar-refractivity contribution in [1.29, 1.82) is 0 Å². The Labute approximate surface area is 82.7 Å². The van der Waals surface area contributed by atoms with E-state index in [1.165, 1.54) is 6.26 Å². The molecule has 2 N–H and O–H groups in total. The first-order valence-corrected chi connectivity index (χ1v) is 4.87. The molecule has 2 heterocycles. The van der Waals surface area contributed by atoms with Crippen molar-refractivity contribution in [1.82, 2.24) is 10.6 Å². The molecule has 14 heavy (non-hydrogen) atoms. The van der Waals surface area contributed by atoms with Gasteiger partial charge in [-0.15, -0.1) is 0 Å². The largest absolute Gasteiger partial charge is 0.461 e. The van der Waals surface area contributed by atoms with Crippen molar-refractivity contribution in [3.05, 3.63) is 24.2 Å². The van der Waals surface area contributed by atoms with Gasteiger partial charge in [0, 0.05) is 12.6 Å². The normalized spacial score (nSPS) is 21.3. The van der Waals surface area contributed by atoms with Crippen LogP contribution in [0.5, 0.6) is 0 Å². The zero-order valence-electron chi connectivity index (χ0n) is 7.95. The van der Waals surface area contributed by atoms with Crippen LogP contribution < -0.4 is 10.6 Å². The molecule has 1 fully saturated rings. The number of ketones is 1. The van der Waals surface area contributed by atoms with Gasteiger partial charge in [0.05, 0.1) is 12.8 Å². The number of rotatable bonds is 4. The number of hydrogen-bond acceptors (Lipinski definition) is 4. The smallest absolute Gasteiger partial charge is 0.211 e. The number of Topliss-reactive ketones (excluding diaryl/α,β-unsaturated/α-hetero) is 1. The summed E-state index contributed by atoms with van der Waals surface area (Å²) < 4.78 is 5.01. The van der Waals surface area contributed by atoms with Gasteiger partial charge in [0.15, 0.2) is 5.76 Å². The number of nitrogens with one attached hydrogen (secondary N) is 2. The molecule has 0 spiro atoms. The van der Waals surface area contributed by atoms with Gasteiger partial charge in [0.25, 0.3) is 0 Å². The van der Waals surface area contributed by atoms with Crippen molar-refractivity contribution >= 4 is 5.78 Å². The Hall–Kier alpha value is -1.13. The summed E-state index contributed by atoms with van der Waals surface area (Å²) in [6.07, 6.45) is 2.61. The SMILES string of the molecule is O=C(CNC1CCNC1)c1ccco1. The van der Waals surface area contributed by atoms with Crippen molar-refractivity contribution in [2.24, 2.45) is 0 Å². The summed E-state index contributed by atoms with van der Waals surface area (Å²) in [5.74, 6) is 0.449. The monoisotopic (exact) mass is 194 g/mol. The summed E-state index contributed by atoms with van der Waals surface area (Å²) in [6, 6.07) is 3.84. The second-order valence-corrected chi connectivity index (χ2v) is 3.47. The second kappa shape index (κ2) is 4.39. The molecule has 0 aliphatic carbocycles. The summed E-state index contributed by atoms with van der Waals surface area (Å²) in [5, 5.41) is 6.43. The van der Waals surface area contributed by atoms with Gasteiger partial charge in [-0.3, -0.25) is 4.79 Å². The van der Waals surface area contributed by atoms with Crippen molar-refractivity contribution in [3.8, 4) is 0 Å². The predicted octanol–water partition coefficient (Wildman–Crippen LogP) is 0.414. The van der Waals surface area contributed by atoms with Gasteiger partial charge in [0.1, 0.15) is 0 Å². The van der Waals surface area contributed by atoms with E-state index in [4.69, 9.17) is 4.42 Å². The van der Waals surface area contributed by atoms with Crippen LogP contribution in [0.15, 0.2) is 22.8 Å². The summed E-state index contributed by atoms with van der Waals surface area (Å²) in [4.78, 5) is 11.5. The van der Waals surface area contributed by atoms with Crippen LogP contribution in [0.3, 0.4) is 0 Å². The highest BCUT2D eigenvalue weighted by molar-refractivity contribution is 5.94. The van der Waals surface area contributed by atoms with E-state index < -0.39 is 0 Å². The predicted molar refractivity (Wildman–Crippen MR) is 52.3 cm³/mol. The van der Waals surface area contributed by atoms with Crippen molar-refractivity contribution < 1.29 is 9.21 Å². The van der Waals surface area contributed by atoms with E-state index >= 15 is 0 Å². The van der Waals surface area contributed by atoms with Crippen molar-refractivity contribution in [2.45, 2.75) is 12.5 Å². The van der Waals surface area contributed by atoms with Gasteiger partial charge < -0.3 is 15.1 Å². The highest BCUT2D eigenvalue weighted by Crippen LogP contribution is 2.02. The van der Waals surface area contributed by atoms with Crippen LogP contribution >= 0.6 is 0 Å². The lowest BCUT2D eigenvalue weighted by Gasteiger charge is -2.08. The minimum absolute atomic E-state index is 0.0156. The van der Waals surface area contributed by atoms with Gasteiger partial charge in [-0.25, -0.2) is 0 Å². The molecule has 1 aromatic rings. The fraction of sp³-hybridized carbons (Fsp3) is 0.500. The Morgan fingerprint density at radius 1 is 1.71 bits per heavy atom. The molecule has 1 aliphatic rings. The van der Waals surface area contributed by atoms with Crippen LogP contribution in [0.4, 0.5) is 0 Å². The lowest BCUT2D eigenvalue weighted by molar-refractivity contribution is 0.0961. The maximum atomic E-state index is 11.5. The summed E-state index contributed by atoms with van der Waals surface area (Å²) in [6.45, 7) is 2.35. The van der Waals surface area contributed by atoms with Gasteiger partial charge in [-0.2, -0.15) is 0 Å². The first-order chi connectivity index (χ1) is 6.86. The molecule has 4 nitrogen and oxygen atoms in total. The molecule has 0 bridgehead atoms. The molecule has 4 heteroatoms. The Morgan fingerprint density at radius 2 is 2.64 bits per heavy atom. The van der Waals surface area contributed by atoms with Gasteiger partial charge in [-0.05, 0) is 25.1 Å². The zero-order valence-corrected chi connectivity index (χ0v) is 7.95. The number of carbonyl (C=O) groups excluding carboxylic acids is 1. The molecule has 1 atom stereocenters. The zero-order chi connectivity index (χ0) is 9.80. The van der Waals surface area contributed by atoms with E-state index in [-0.39, 0.29) is 5.78 Å². The summed E-state index contributed by atoms with van der Waals surface area (Å²) in [5.41, 5.74) is 0. The average molecular weight is 194 g/mol. The molecule has 1 saturated heterocycles. The van der Waals surface area contributed by atoms with Crippen LogP contribution in [-0.4, -0.2) is 31.5 Å². The number of carbonyl (C=O) groups is 1. The van der Waals surface area contributed by atoms with E-state index in [9.17, 15) is 4.79 Å². The molecule has 0 radical (unpaired) electrons. The fourth-order valence-corrected chi connectivity index (χ4v) is 1.59. The Balaban J connectivity index is 1.78. The molecule has 1 unspecified atom stereocenters. The van der Waals surface area contributed by atoms with Crippen LogP contribution in [0.25, 0.3) is 0 Å². The van der Waals surface area contributed by atoms with Gasteiger partial charge >= 0.3 is 0 Å². The highest BCUT2D eigenvalue weighted by atomic mass is 16.3. The summed E-state index contributed by atoms with van der Waals surface area (Å²) in [7, 11) is 0. The molecule has 0 aromatic carbocycles. The average Bonchev–Trinajstić information content (AvgIpc) is 2.87. The molecular weight excluding hydrogens is 180 g/mol. The Morgan fingerprint density at radius 3 is 3.29 bits per heavy atom.